The molecule has 6 atom stereocenters. The fourth-order valence-corrected chi connectivity index (χ4v) is 5.72. The molecular formula is C35H57IN8O7. The highest BCUT2D eigenvalue weighted by atomic mass is 127. The number of carbonyl (C=O) groups excluding carboxylic acids is 5. The average molecular weight is 829 g/mol. The van der Waals surface area contributed by atoms with Crippen LogP contribution in [0.25, 0.3) is 0 Å². The van der Waals surface area contributed by atoms with Crippen LogP contribution in [-0.2, 0) is 35.2 Å². The van der Waals surface area contributed by atoms with Gasteiger partial charge in [0.1, 0.15) is 30.2 Å². The number of rotatable bonds is 25. The van der Waals surface area contributed by atoms with Gasteiger partial charge in [0.25, 0.3) is 0 Å². The molecule has 286 valence electrons. The van der Waals surface area contributed by atoms with Gasteiger partial charge in [-0.3, -0.25) is 24.0 Å². The van der Waals surface area contributed by atoms with Crippen LogP contribution in [0.2, 0.25) is 0 Å². The summed E-state index contributed by atoms with van der Waals surface area (Å²) in [6, 6.07) is 0.818. The minimum Gasteiger partial charge on any atom is -0.480 e. The van der Waals surface area contributed by atoms with Gasteiger partial charge in [-0.25, -0.2) is 4.79 Å². The van der Waals surface area contributed by atoms with E-state index in [1.165, 1.54) is 13.0 Å². The summed E-state index contributed by atoms with van der Waals surface area (Å²) in [6.45, 7) is 9.62. The first-order chi connectivity index (χ1) is 24.1. The molecule has 0 radical (unpaired) electrons. The highest BCUT2D eigenvalue weighted by Crippen LogP contribution is 2.13. The van der Waals surface area contributed by atoms with E-state index in [-0.39, 0.29) is 38.0 Å². The maximum atomic E-state index is 13.7. The second kappa shape index (κ2) is 24.6. The molecule has 0 fully saturated rings. The molecule has 0 bridgehead atoms. The molecule has 12 N–H and O–H groups in total. The van der Waals surface area contributed by atoms with Gasteiger partial charge in [-0.05, 0) is 118 Å². The van der Waals surface area contributed by atoms with Crippen molar-refractivity contribution in [3.05, 3.63) is 46.1 Å². The molecule has 0 aliphatic rings. The molecule has 1 rings (SSSR count). The third kappa shape index (κ3) is 17.9. The number of unbranched alkanes of at least 4 members (excludes halogenated alkanes) is 2. The molecule has 0 aliphatic heterocycles. The summed E-state index contributed by atoms with van der Waals surface area (Å²) in [5.74, 6) is -4.42. The number of nitrogens with two attached hydrogens (primary N) is 3. The SMILES string of the molecule is C=CC[C@H](NC(=O)[C@H](CCCCN)NC(=O)[C@H](CCCCN)NC(=O)[C@H](C)N)C(=O)N[C@@H](Cc1cccc(I)c1)C(=O)N[C@@H](CC(C)C)C(=O)O. The van der Waals surface area contributed by atoms with Crippen molar-refractivity contribution >= 4 is 58.1 Å². The normalized spacial score (nSPS) is 14.6. The van der Waals surface area contributed by atoms with E-state index in [9.17, 15) is 33.9 Å². The van der Waals surface area contributed by atoms with Crippen LogP contribution in [-0.4, -0.2) is 90.0 Å². The second-order valence-electron chi connectivity index (χ2n) is 13.0. The first-order valence-electron chi connectivity index (χ1n) is 17.4. The van der Waals surface area contributed by atoms with Crippen molar-refractivity contribution in [1.82, 2.24) is 26.6 Å². The fraction of sp³-hybridized carbons (Fsp3) is 0.600. The maximum absolute atomic E-state index is 13.7. The Labute approximate surface area is 314 Å². The van der Waals surface area contributed by atoms with E-state index in [0.29, 0.717) is 38.8 Å². The van der Waals surface area contributed by atoms with Gasteiger partial charge in [0, 0.05) is 9.99 Å². The number of amides is 5. The average Bonchev–Trinajstić information content (AvgIpc) is 3.06. The van der Waals surface area contributed by atoms with Crippen LogP contribution < -0.4 is 43.8 Å². The Morgan fingerprint density at radius 2 is 1.22 bits per heavy atom. The Morgan fingerprint density at radius 3 is 1.69 bits per heavy atom. The predicted octanol–water partition coefficient (Wildman–Crippen LogP) is 0.570. The van der Waals surface area contributed by atoms with E-state index in [4.69, 9.17) is 17.2 Å². The van der Waals surface area contributed by atoms with E-state index in [0.717, 1.165) is 9.13 Å². The highest BCUT2D eigenvalue weighted by Gasteiger charge is 2.32. The Kier molecular flexibility index (Phi) is 21.9. The zero-order valence-corrected chi connectivity index (χ0v) is 32.1. The first kappa shape index (κ1) is 45.4. The van der Waals surface area contributed by atoms with Gasteiger partial charge < -0.3 is 48.9 Å². The molecule has 0 spiro atoms. The van der Waals surface area contributed by atoms with Crippen molar-refractivity contribution in [2.24, 2.45) is 23.1 Å². The zero-order valence-electron chi connectivity index (χ0n) is 29.9. The molecule has 0 aliphatic carbocycles. The Hall–Kier alpha value is -3.61. The number of carboxylic acids is 1. The van der Waals surface area contributed by atoms with Crippen LogP contribution in [0.3, 0.4) is 0 Å². The summed E-state index contributed by atoms with van der Waals surface area (Å²) in [5, 5.41) is 23.0. The molecule has 0 unspecified atom stereocenters. The van der Waals surface area contributed by atoms with Gasteiger partial charge in [-0.1, -0.05) is 32.1 Å². The van der Waals surface area contributed by atoms with E-state index in [1.54, 1.807) is 12.1 Å². The van der Waals surface area contributed by atoms with Gasteiger partial charge in [-0.15, -0.1) is 6.58 Å². The van der Waals surface area contributed by atoms with E-state index < -0.39 is 71.8 Å². The highest BCUT2D eigenvalue weighted by molar-refractivity contribution is 14.1. The standard InChI is InChI=1S/C35H57IN8O7/c1-5-11-25(31(46)43-28(20-23-12-10-13-24(36)19-23)34(49)44-29(35(50)51)18-21(2)3)41-33(48)27(15-7-9-17-38)42-32(47)26(14-6-8-16-37)40-30(45)22(4)39/h5,10,12-13,19,21-22,25-29H,1,6-9,11,14-18,20,37-39H2,2-4H3,(H,40,45)(H,41,48)(H,42,47)(H,43,46)(H,44,49)(H,50,51)/t22-,25-,26-,27-,28-,29-/m0/s1. The monoisotopic (exact) mass is 828 g/mol. The van der Waals surface area contributed by atoms with Crippen molar-refractivity contribution in [3.63, 3.8) is 0 Å². The molecule has 16 heteroatoms. The lowest BCUT2D eigenvalue weighted by molar-refractivity contribution is -0.142. The van der Waals surface area contributed by atoms with Gasteiger partial charge in [0.15, 0.2) is 0 Å². The predicted molar refractivity (Wildman–Crippen MR) is 204 cm³/mol. The molecule has 51 heavy (non-hydrogen) atoms. The summed E-state index contributed by atoms with van der Waals surface area (Å²) in [6.07, 6.45) is 4.32. The van der Waals surface area contributed by atoms with Crippen molar-refractivity contribution in [3.8, 4) is 0 Å². The summed E-state index contributed by atoms with van der Waals surface area (Å²) in [7, 11) is 0. The summed E-state index contributed by atoms with van der Waals surface area (Å²) in [4.78, 5) is 78.7. The fourth-order valence-electron chi connectivity index (χ4n) is 5.12. The lowest BCUT2D eigenvalue weighted by atomic mass is 10.0. The van der Waals surface area contributed by atoms with Crippen molar-refractivity contribution in [2.45, 2.75) is 115 Å². The number of aliphatic carboxylic acids is 1. The number of benzene rings is 1. The third-order valence-corrected chi connectivity index (χ3v) is 8.56. The first-order valence-corrected chi connectivity index (χ1v) is 18.5. The van der Waals surface area contributed by atoms with Gasteiger partial charge in [-0.2, -0.15) is 0 Å². The van der Waals surface area contributed by atoms with Crippen LogP contribution >= 0.6 is 22.6 Å². The number of carboxylic acid groups (broad SMARTS) is 1. The van der Waals surface area contributed by atoms with E-state index in [2.05, 4.69) is 55.8 Å². The minimum atomic E-state index is -1.20. The summed E-state index contributed by atoms with van der Waals surface area (Å²) < 4.78 is 0.900. The Balaban J connectivity index is 3.30. The molecule has 0 aromatic heterocycles. The third-order valence-electron chi connectivity index (χ3n) is 7.89. The Morgan fingerprint density at radius 1 is 0.745 bits per heavy atom. The van der Waals surface area contributed by atoms with E-state index in [1.807, 2.05) is 26.0 Å². The minimum absolute atomic E-state index is 0.0180. The zero-order chi connectivity index (χ0) is 38.5. The van der Waals surface area contributed by atoms with Crippen LogP contribution in [0.4, 0.5) is 0 Å². The van der Waals surface area contributed by atoms with Gasteiger partial charge in [0.2, 0.25) is 29.5 Å². The molecule has 1 aromatic carbocycles. The number of halogens is 1. The summed E-state index contributed by atoms with van der Waals surface area (Å²) >= 11 is 2.13. The second-order valence-corrected chi connectivity index (χ2v) is 14.2. The smallest absolute Gasteiger partial charge is 0.326 e. The maximum Gasteiger partial charge on any atom is 0.326 e. The molecule has 5 amide bonds. The molecule has 15 nitrogen and oxygen atoms in total. The Bertz CT molecular complexity index is 1310. The summed E-state index contributed by atoms with van der Waals surface area (Å²) in [5.41, 5.74) is 17.7. The number of carbonyl (C=O) groups is 6. The van der Waals surface area contributed by atoms with Gasteiger partial charge >= 0.3 is 5.97 Å². The topological polar surface area (TPSA) is 261 Å². The van der Waals surface area contributed by atoms with E-state index >= 15 is 0 Å². The number of nitrogens with one attached hydrogen (secondary N) is 5. The van der Waals surface area contributed by atoms with Crippen LogP contribution in [0.15, 0.2) is 36.9 Å². The van der Waals surface area contributed by atoms with Crippen molar-refractivity contribution in [2.75, 3.05) is 13.1 Å². The van der Waals surface area contributed by atoms with Crippen LogP contribution in [0.5, 0.6) is 0 Å². The molecule has 0 heterocycles. The number of hydrogen-bond acceptors (Lipinski definition) is 9. The molecular weight excluding hydrogens is 771 g/mol. The van der Waals surface area contributed by atoms with Crippen molar-refractivity contribution in [1.29, 1.82) is 0 Å². The van der Waals surface area contributed by atoms with Crippen LogP contribution in [0, 0.1) is 9.49 Å². The van der Waals surface area contributed by atoms with Crippen molar-refractivity contribution < 1.29 is 33.9 Å². The lowest BCUT2D eigenvalue weighted by Gasteiger charge is -2.27. The van der Waals surface area contributed by atoms with Crippen LogP contribution in [0.1, 0.15) is 77.7 Å². The molecule has 1 aromatic rings. The molecule has 0 saturated carbocycles. The number of hydrogen-bond donors (Lipinski definition) is 9. The molecule has 0 saturated heterocycles. The lowest BCUT2D eigenvalue weighted by Crippen LogP contribution is -2.59. The largest absolute Gasteiger partial charge is 0.480 e. The quantitative estimate of drug-likeness (QED) is 0.0376. The van der Waals surface area contributed by atoms with Gasteiger partial charge in [0.05, 0.1) is 6.04 Å².